The van der Waals surface area contributed by atoms with Crippen LogP contribution in [0.3, 0.4) is 0 Å². The number of hydrogen-bond donors (Lipinski definition) is 0. The highest BCUT2D eigenvalue weighted by Crippen LogP contribution is 2.26. The van der Waals surface area contributed by atoms with Gasteiger partial charge in [-0.1, -0.05) is 6.07 Å². The lowest BCUT2D eigenvalue weighted by Gasteiger charge is -2.32. The van der Waals surface area contributed by atoms with Crippen molar-refractivity contribution in [2.24, 2.45) is 0 Å². The van der Waals surface area contributed by atoms with Crippen LogP contribution in [-0.2, 0) is 19.5 Å². The molecule has 0 radical (unpaired) electrons. The lowest BCUT2D eigenvalue weighted by molar-refractivity contribution is 0.242. The van der Waals surface area contributed by atoms with E-state index in [1.165, 1.54) is 30.4 Å². The molecular weight excluding hydrogens is 350 g/mol. The molecule has 5 rings (SSSR count). The SMILES string of the molecule is c1coc(-c2ncc3c(n2)CCN(Cc2cccnc2N2CCCCC2)C3)c1. The van der Waals surface area contributed by atoms with Crippen molar-refractivity contribution in [3.63, 3.8) is 0 Å². The van der Waals surface area contributed by atoms with Crippen LogP contribution < -0.4 is 4.90 Å². The zero-order valence-corrected chi connectivity index (χ0v) is 16.0. The van der Waals surface area contributed by atoms with Gasteiger partial charge in [-0.25, -0.2) is 15.0 Å². The highest BCUT2D eigenvalue weighted by molar-refractivity contribution is 5.48. The van der Waals surface area contributed by atoms with E-state index in [-0.39, 0.29) is 0 Å². The Hall–Kier alpha value is -2.73. The molecule has 144 valence electrons. The Morgan fingerprint density at radius 3 is 2.79 bits per heavy atom. The molecule has 0 atom stereocenters. The van der Waals surface area contributed by atoms with Crippen molar-refractivity contribution in [2.45, 2.75) is 38.8 Å². The Bertz CT molecular complexity index is 934. The highest BCUT2D eigenvalue weighted by Gasteiger charge is 2.22. The number of pyridine rings is 1. The molecule has 0 bridgehead atoms. The van der Waals surface area contributed by atoms with Crippen LogP contribution in [0.5, 0.6) is 0 Å². The average molecular weight is 375 g/mol. The van der Waals surface area contributed by atoms with E-state index in [4.69, 9.17) is 14.4 Å². The largest absolute Gasteiger partial charge is 0.461 e. The van der Waals surface area contributed by atoms with Crippen molar-refractivity contribution >= 4 is 5.82 Å². The van der Waals surface area contributed by atoms with Crippen molar-refractivity contribution in [3.05, 3.63) is 59.7 Å². The maximum absolute atomic E-state index is 5.43. The molecule has 2 aliphatic rings. The zero-order valence-electron chi connectivity index (χ0n) is 16.0. The highest BCUT2D eigenvalue weighted by atomic mass is 16.3. The molecule has 0 aliphatic carbocycles. The first-order valence-corrected chi connectivity index (χ1v) is 10.2. The lowest BCUT2D eigenvalue weighted by atomic mass is 10.1. The van der Waals surface area contributed by atoms with Gasteiger partial charge in [0, 0.05) is 62.7 Å². The summed E-state index contributed by atoms with van der Waals surface area (Å²) >= 11 is 0. The minimum Gasteiger partial charge on any atom is -0.461 e. The predicted molar refractivity (Wildman–Crippen MR) is 108 cm³/mol. The maximum Gasteiger partial charge on any atom is 0.195 e. The van der Waals surface area contributed by atoms with Crippen molar-refractivity contribution < 1.29 is 4.42 Å². The van der Waals surface area contributed by atoms with E-state index in [9.17, 15) is 0 Å². The Labute approximate surface area is 165 Å². The van der Waals surface area contributed by atoms with E-state index in [1.807, 2.05) is 24.5 Å². The summed E-state index contributed by atoms with van der Waals surface area (Å²) in [5.74, 6) is 2.57. The van der Waals surface area contributed by atoms with Crippen LogP contribution in [-0.4, -0.2) is 39.5 Å². The monoisotopic (exact) mass is 375 g/mol. The predicted octanol–water partition coefficient (Wildman–Crippen LogP) is 3.68. The van der Waals surface area contributed by atoms with Crippen molar-refractivity contribution in [1.29, 1.82) is 0 Å². The summed E-state index contributed by atoms with van der Waals surface area (Å²) in [5.41, 5.74) is 3.67. The van der Waals surface area contributed by atoms with Gasteiger partial charge in [-0.15, -0.1) is 0 Å². The molecule has 0 unspecified atom stereocenters. The van der Waals surface area contributed by atoms with Gasteiger partial charge in [-0.3, -0.25) is 4.90 Å². The molecule has 0 amide bonds. The van der Waals surface area contributed by atoms with E-state index in [2.05, 4.69) is 26.9 Å². The molecule has 0 spiro atoms. The van der Waals surface area contributed by atoms with Crippen LogP contribution in [0.4, 0.5) is 5.82 Å². The first-order chi connectivity index (χ1) is 13.9. The number of fused-ring (bicyclic) bond motifs is 1. The number of rotatable bonds is 4. The van der Waals surface area contributed by atoms with Crippen LogP contribution >= 0.6 is 0 Å². The summed E-state index contributed by atoms with van der Waals surface area (Å²) in [7, 11) is 0. The third kappa shape index (κ3) is 3.52. The van der Waals surface area contributed by atoms with Crippen molar-refractivity contribution in [3.8, 4) is 11.6 Å². The number of piperidine rings is 1. The van der Waals surface area contributed by atoms with Crippen LogP contribution in [0.2, 0.25) is 0 Å². The second-order valence-corrected chi connectivity index (χ2v) is 7.64. The second-order valence-electron chi connectivity index (χ2n) is 7.64. The fourth-order valence-electron chi connectivity index (χ4n) is 4.22. The maximum atomic E-state index is 5.43. The van der Waals surface area contributed by atoms with Gasteiger partial charge in [0.25, 0.3) is 0 Å². The number of furan rings is 1. The summed E-state index contributed by atoms with van der Waals surface area (Å²) < 4.78 is 5.43. The quantitative estimate of drug-likeness (QED) is 0.693. The van der Waals surface area contributed by atoms with E-state index < -0.39 is 0 Å². The standard InChI is InChI=1S/C22H25N5O/c1-2-10-27(11-3-1)22-17(6-4-9-23-22)15-26-12-8-19-18(16-26)14-24-21(25-19)20-7-5-13-28-20/h4-7,9,13-14H,1-3,8,10-12,15-16H2. The average Bonchev–Trinajstić information content (AvgIpc) is 3.29. The molecule has 0 N–H and O–H groups in total. The number of aromatic nitrogens is 3. The van der Waals surface area contributed by atoms with E-state index in [0.29, 0.717) is 5.82 Å². The van der Waals surface area contributed by atoms with Crippen LogP contribution in [0, 0.1) is 0 Å². The Morgan fingerprint density at radius 2 is 1.93 bits per heavy atom. The number of anilines is 1. The molecule has 2 aliphatic heterocycles. The summed E-state index contributed by atoms with van der Waals surface area (Å²) in [6.07, 6.45) is 10.3. The Kier molecular flexibility index (Phi) is 4.79. The van der Waals surface area contributed by atoms with Crippen molar-refractivity contribution in [1.82, 2.24) is 19.9 Å². The smallest absolute Gasteiger partial charge is 0.195 e. The van der Waals surface area contributed by atoms with Gasteiger partial charge in [0.05, 0.1) is 12.0 Å². The summed E-state index contributed by atoms with van der Waals surface area (Å²) in [6.45, 7) is 5.03. The molecule has 0 aromatic carbocycles. The van der Waals surface area contributed by atoms with Gasteiger partial charge in [0.2, 0.25) is 0 Å². The molecule has 28 heavy (non-hydrogen) atoms. The minimum atomic E-state index is 0.678. The molecule has 6 heteroatoms. The number of nitrogens with zero attached hydrogens (tertiary/aromatic N) is 5. The molecular formula is C22H25N5O. The number of hydrogen-bond acceptors (Lipinski definition) is 6. The van der Waals surface area contributed by atoms with E-state index in [1.54, 1.807) is 6.26 Å². The zero-order chi connectivity index (χ0) is 18.8. The third-order valence-electron chi connectivity index (χ3n) is 5.67. The first-order valence-electron chi connectivity index (χ1n) is 10.2. The van der Waals surface area contributed by atoms with E-state index >= 15 is 0 Å². The van der Waals surface area contributed by atoms with Crippen LogP contribution in [0.25, 0.3) is 11.6 Å². The fraction of sp³-hybridized carbons (Fsp3) is 0.409. The molecule has 1 fully saturated rings. The Morgan fingerprint density at radius 1 is 1.00 bits per heavy atom. The molecule has 3 aromatic heterocycles. The van der Waals surface area contributed by atoms with Gasteiger partial charge >= 0.3 is 0 Å². The molecule has 6 nitrogen and oxygen atoms in total. The van der Waals surface area contributed by atoms with Gasteiger partial charge in [0.15, 0.2) is 11.6 Å². The summed E-state index contributed by atoms with van der Waals surface area (Å²) in [5, 5.41) is 0. The lowest BCUT2D eigenvalue weighted by Crippen LogP contribution is -2.34. The Balaban J connectivity index is 1.32. The topological polar surface area (TPSA) is 58.3 Å². The van der Waals surface area contributed by atoms with Gasteiger partial charge in [-0.05, 0) is 37.5 Å². The fourth-order valence-corrected chi connectivity index (χ4v) is 4.22. The summed E-state index contributed by atoms with van der Waals surface area (Å²) in [4.78, 5) is 18.9. The van der Waals surface area contributed by atoms with Gasteiger partial charge in [-0.2, -0.15) is 0 Å². The molecule has 5 heterocycles. The molecule has 3 aromatic rings. The summed E-state index contributed by atoms with van der Waals surface area (Å²) in [6, 6.07) is 8.05. The van der Waals surface area contributed by atoms with Gasteiger partial charge < -0.3 is 9.32 Å². The van der Waals surface area contributed by atoms with Crippen molar-refractivity contribution in [2.75, 3.05) is 24.5 Å². The second kappa shape index (κ2) is 7.72. The molecule has 0 saturated carbocycles. The normalized spacial score (nSPS) is 17.5. The molecule has 1 saturated heterocycles. The third-order valence-corrected chi connectivity index (χ3v) is 5.67. The first kappa shape index (κ1) is 17.4. The van der Waals surface area contributed by atoms with Crippen LogP contribution in [0.1, 0.15) is 36.1 Å². The van der Waals surface area contributed by atoms with E-state index in [0.717, 1.165) is 56.4 Å². The van der Waals surface area contributed by atoms with Gasteiger partial charge in [0.1, 0.15) is 5.82 Å². The van der Waals surface area contributed by atoms with Crippen LogP contribution in [0.15, 0.2) is 47.3 Å². The minimum absolute atomic E-state index is 0.678.